The molecular formula is C14H21BrN2O2S. The van der Waals surface area contributed by atoms with E-state index in [1.165, 1.54) is 0 Å². The molecule has 2 N–H and O–H groups in total. The van der Waals surface area contributed by atoms with Crippen molar-refractivity contribution in [2.45, 2.75) is 38.1 Å². The van der Waals surface area contributed by atoms with Gasteiger partial charge in [-0.2, -0.15) is 4.31 Å². The fourth-order valence-electron chi connectivity index (χ4n) is 2.78. The molecule has 20 heavy (non-hydrogen) atoms. The van der Waals surface area contributed by atoms with Crippen LogP contribution in [0.5, 0.6) is 0 Å². The van der Waals surface area contributed by atoms with Gasteiger partial charge in [-0.1, -0.05) is 13.8 Å². The van der Waals surface area contributed by atoms with Crippen molar-refractivity contribution in [2.75, 3.05) is 12.3 Å². The molecule has 2 rings (SSSR count). The number of sulfonamides is 1. The van der Waals surface area contributed by atoms with E-state index in [9.17, 15) is 8.42 Å². The quantitative estimate of drug-likeness (QED) is 0.824. The Hall–Kier alpha value is -0.590. The third-order valence-electron chi connectivity index (χ3n) is 4.12. The molecule has 0 saturated carbocycles. The monoisotopic (exact) mass is 360 g/mol. The Bertz CT molecular complexity index is 603. The maximum absolute atomic E-state index is 12.8. The van der Waals surface area contributed by atoms with E-state index < -0.39 is 10.0 Å². The summed E-state index contributed by atoms with van der Waals surface area (Å²) >= 11 is 3.29. The maximum atomic E-state index is 12.8. The lowest BCUT2D eigenvalue weighted by molar-refractivity contribution is 0.157. The number of nitrogen functional groups attached to an aromatic ring is 1. The van der Waals surface area contributed by atoms with Gasteiger partial charge in [0.2, 0.25) is 10.0 Å². The minimum absolute atomic E-state index is 0.0209. The second kappa shape index (κ2) is 5.66. The van der Waals surface area contributed by atoms with Crippen molar-refractivity contribution in [2.24, 2.45) is 11.8 Å². The van der Waals surface area contributed by atoms with Gasteiger partial charge in [0.05, 0.1) is 4.90 Å². The van der Waals surface area contributed by atoms with E-state index in [1.54, 1.807) is 22.5 Å². The van der Waals surface area contributed by atoms with Crippen LogP contribution < -0.4 is 5.73 Å². The molecule has 1 saturated heterocycles. The first-order chi connectivity index (χ1) is 9.23. The van der Waals surface area contributed by atoms with Gasteiger partial charge in [-0.05, 0) is 59.3 Å². The zero-order valence-electron chi connectivity index (χ0n) is 12.0. The SMILES string of the molecule is CC1CC(C)C(C)N(S(=O)(=O)c2ccc(N)c(Br)c2)C1. The first-order valence-corrected chi connectivity index (χ1v) is 9.03. The van der Waals surface area contributed by atoms with Gasteiger partial charge in [0.1, 0.15) is 0 Å². The first-order valence-electron chi connectivity index (χ1n) is 6.80. The Morgan fingerprint density at radius 1 is 1.30 bits per heavy atom. The second-order valence-corrected chi connectivity index (χ2v) is 8.56. The lowest BCUT2D eigenvalue weighted by Crippen LogP contribution is -2.48. The molecule has 1 aromatic rings. The molecule has 112 valence electrons. The molecule has 1 heterocycles. The average Bonchev–Trinajstić information content (AvgIpc) is 2.36. The number of hydrogen-bond donors (Lipinski definition) is 1. The van der Waals surface area contributed by atoms with Crippen LogP contribution in [0.4, 0.5) is 5.69 Å². The molecule has 0 spiro atoms. The number of benzene rings is 1. The lowest BCUT2D eigenvalue weighted by atomic mass is 9.88. The molecule has 1 fully saturated rings. The molecule has 0 amide bonds. The molecule has 0 bridgehead atoms. The summed E-state index contributed by atoms with van der Waals surface area (Å²) in [5, 5.41) is 0. The molecular weight excluding hydrogens is 340 g/mol. The predicted octanol–water partition coefficient (Wildman–Crippen LogP) is 3.09. The van der Waals surface area contributed by atoms with Crippen molar-refractivity contribution >= 4 is 31.6 Å². The fourth-order valence-corrected chi connectivity index (χ4v) is 5.19. The molecule has 1 aliphatic heterocycles. The number of nitrogens with two attached hydrogens (primary N) is 1. The van der Waals surface area contributed by atoms with Crippen molar-refractivity contribution in [1.82, 2.24) is 4.31 Å². The Kier molecular flexibility index (Phi) is 4.47. The number of nitrogens with zero attached hydrogens (tertiary/aromatic N) is 1. The number of anilines is 1. The summed E-state index contributed by atoms with van der Waals surface area (Å²) in [6.45, 7) is 6.78. The van der Waals surface area contributed by atoms with Crippen LogP contribution in [0.15, 0.2) is 27.6 Å². The second-order valence-electron chi connectivity index (χ2n) is 5.82. The highest BCUT2D eigenvalue weighted by molar-refractivity contribution is 9.10. The molecule has 6 heteroatoms. The first kappa shape index (κ1) is 15.8. The smallest absolute Gasteiger partial charge is 0.243 e. The summed E-state index contributed by atoms with van der Waals surface area (Å²) in [5.74, 6) is 0.749. The Morgan fingerprint density at radius 3 is 2.55 bits per heavy atom. The van der Waals surface area contributed by atoms with Crippen molar-refractivity contribution < 1.29 is 8.42 Å². The van der Waals surface area contributed by atoms with E-state index in [4.69, 9.17) is 5.73 Å². The van der Waals surface area contributed by atoms with Crippen LogP contribution in [0.25, 0.3) is 0 Å². The standard InChI is InChI=1S/C14H21BrN2O2S/c1-9-6-10(2)11(3)17(8-9)20(18,19)12-4-5-14(16)13(15)7-12/h4-5,7,9-11H,6,8,16H2,1-3H3. The topological polar surface area (TPSA) is 63.4 Å². The Morgan fingerprint density at radius 2 is 1.95 bits per heavy atom. The zero-order valence-corrected chi connectivity index (χ0v) is 14.4. The van der Waals surface area contributed by atoms with Gasteiger partial charge in [0.25, 0.3) is 0 Å². The largest absolute Gasteiger partial charge is 0.398 e. The van der Waals surface area contributed by atoms with E-state index in [0.29, 0.717) is 33.4 Å². The molecule has 0 aromatic heterocycles. The molecule has 0 aliphatic carbocycles. The van der Waals surface area contributed by atoms with Crippen LogP contribution in [0.3, 0.4) is 0 Å². The molecule has 3 unspecified atom stereocenters. The minimum Gasteiger partial charge on any atom is -0.398 e. The van der Waals surface area contributed by atoms with Crippen LogP contribution in [0.2, 0.25) is 0 Å². The normalized spacial score (nSPS) is 28.5. The minimum atomic E-state index is -3.47. The van der Waals surface area contributed by atoms with Crippen molar-refractivity contribution in [3.8, 4) is 0 Å². The van der Waals surface area contributed by atoms with Gasteiger partial charge in [-0.3, -0.25) is 0 Å². The zero-order chi connectivity index (χ0) is 15.1. The molecule has 3 atom stereocenters. The number of hydrogen-bond acceptors (Lipinski definition) is 3. The van der Waals surface area contributed by atoms with Gasteiger partial charge < -0.3 is 5.73 Å². The highest BCUT2D eigenvalue weighted by atomic mass is 79.9. The Labute approximate surface area is 129 Å². The van der Waals surface area contributed by atoms with Gasteiger partial charge in [-0.25, -0.2) is 8.42 Å². The van der Waals surface area contributed by atoms with E-state index in [2.05, 4.69) is 29.8 Å². The van der Waals surface area contributed by atoms with Gasteiger partial charge in [0, 0.05) is 22.7 Å². The third-order valence-corrected chi connectivity index (χ3v) is 6.76. The highest BCUT2D eigenvalue weighted by Gasteiger charge is 2.37. The van der Waals surface area contributed by atoms with Gasteiger partial charge >= 0.3 is 0 Å². The van der Waals surface area contributed by atoms with Crippen LogP contribution in [0.1, 0.15) is 27.2 Å². The van der Waals surface area contributed by atoms with Crippen molar-refractivity contribution in [1.29, 1.82) is 0 Å². The number of rotatable bonds is 2. The third kappa shape index (κ3) is 2.87. The predicted molar refractivity (Wildman–Crippen MR) is 84.9 cm³/mol. The van der Waals surface area contributed by atoms with Crippen LogP contribution in [-0.2, 0) is 10.0 Å². The average molecular weight is 361 g/mol. The van der Waals surface area contributed by atoms with Crippen LogP contribution >= 0.6 is 15.9 Å². The van der Waals surface area contributed by atoms with E-state index >= 15 is 0 Å². The van der Waals surface area contributed by atoms with E-state index in [1.807, 2.05) is 6.92 Å². The molecule has 1 aromatic carbocycles. The van der Waals surface area contributed by atoms with Gasteiger partial charge in [0.15, 0.2) is 0 Å². The molecule has 0 radical (unpaired) electrons. The van der Waals surface area contributed by atoms with Gasteiger partial charge in [-0.15, -0.1) is 0 Å². The Balaban J connectivity index is 2.40. The van der Waals surface area contributed by atoms with E-state index in [0.717, 1.165) is 6.42 Å². The highest BCUT2D eigenvalue weighted by Crippen LogP contribution is 2.33. The summed E-state index contributed by atoms with van der Waals surface area (Å²) in [6, 6.07) is 4.80. The summed E-state index contributed by atoms with van der Waals surface area (Å²) in [5.41, 5.74) is 6.27. The lowest BCUT2D eigenvalue weighted by Gasteiger charge is -2.40. The van der Waals surface area contributed by atoms with Crippen LogP contribution in [-0.4, -0.2) is 25.3 Å². The summed E-state index contributed by atoms with van der Waals surface area (Å²) in [7, 11) is -3.47. The van der Waals surface area contributed by atoms with Crippen LogP contribution in [0, 0.1) is 11.8 Å². The molecule has 1 aliphatic rings. The number of halogens is 1. The summed E-state index contributed by atoms with van der Waals surface area (Å²) in [4.78, 5) is 0.298. The summed E-state index contributed by atoms with van der Waals surface area (Å²) < 4.78 is 27.9. The van der Waals surface area contributed by atoms with Crippen molar-refractivity contribution in [3.05, 3.63) is 22.7 Å². The maximum Gasteiger partial charge on any atom is 0.243 e. The number of piperidine rings is 1. The van der Waals surface area contributed by atoms with Crippen molar-refractivity contribution in [3.63, 3.8) is 0 Å². The fraction of sp³-hybridized carbons (Fsp3) is 0.571. The summed E-state index contributed by atoms with van der Waals surface area (Å²) in [6.07, 6.45) is 1.07. The molecule has 4 nitrogen and oxygen atoms in total. The van der Waals surface area contributed by atoms with E-state index in [-0.39, 0.29) is 6.04 Å².